The van der Waals surface area contributed by atoms with E-state index in [1.807, 2.05) is 36.4 Å². The van der Waals surface area contributed by atoms with Gasteiger partial charge in [0, 0.05) is 69.1 Å². The number of nitrogens with zero attached hydrogens (tertiary/aromatic N) is 8. The van der Waals surface area contributed by atoms with Crippen LogP contribution in [-0.4, -0.2) is 65.0 Å². The van der Waals surface area contributed by atoms with Gasteiger partial charge in [0.1, 0.15) is 11.5 Å². The van der Waals surface area contributed by atoms with Gasteiger partial charge in [0.15, 0.2) is 0 Å². The van der Waals surface area contributed by atoms with E-state index >= 15 is 0 Å². The maximum atomic E-state index is 11.8. The van der Waals surface area contributed by atoms with Gasteiger partial charge in [-0.1, -0.05) is 47.9 Å². The second-order valence-corrected chi connectivity index (χ2v) is 8.86. The minimum Gasteiger partial charge on any atom is -0.870 e. The van der Waals surface area contributed by atoms with Crippen molar-refractivity contribution in [2.45, 2.75) is 19.8 Å². The fraction of sp³-hybridized carbons (Fsp3) is 0.219. The molecule has 0 aliphatic carbocycles. The molecule has 2 radical (unpaired) electrons. The van der Waals surface area contributed by atoms with E-state index in [0.717, 1.165) is 24.2 Å². The van der Waals surface area contributed by atoms with Crippen LogP contribution in [0.5, 0.6) is 23.0 Å². The zero-order chi connectivity index (χ0) is 40.4. The summed E-state index contributed by atoms with van der Waals surface area (Å²) < 4.78 is 9.95. The van der Waals surface area contributed by atoms with Crippen molar-refractivity contribution in [1.29, 1.82) is 5.26 Å². The number of nitriles is 1. The Morgan fingerprint density at radius 2 is 0.964 bits per heavy atom. The van der Waals surface area contributed by atoms with Crippen LogP contribution in [0.4, 0.5) is 0 Å². The van der Waals surface area contributed by atoms with Crippen LogP contribution in [0.2, 0.25) is 0 Å². The predicted molar refractivity (Wildman–Crippen MR) is 193 cm³/mol. The summed E-state index contributed by atoms with van der Waals surface area (Å²) in [5.41, 5.74) is 3.07. The number of aromatic nitrogens is 2. The monoisotopic (exact) mass is 967 g/mol. The van der Waals surface area contributed by atoms with Crippen LogP contribution in [0.15, 0.2) is 95.2 Å². The minimum absolute atomic E-state index is 0. The Morgan fingerprint density at radius 3 is 1.21 bits per heavy atom. The SMILES string of the molecule is CC#N.COc1cccc(C=NCCc2ccccn2)c1[O-].COc1cccc(C=NCCc2ccccn2)c1[O-].O=[N+]([O-])[O-].O=[N+]([O-])[O-].O=[N+]([O-])[O-].[Eu+2].[Ni+3].[OH3+]. The maximum absolute atomic E-state index is 11.8. The third kappa shape index (κ3) is 34.2. The van der Waals surface area contributed by atoms with E-state index in [1.165, 1.54) is 21.1 Å². The number of rotatable bonds is 10. The van der Waals surface area contributed by atoms with Gasteiger partial charge in [-0.25, -0.2) is 0 Å². The summed E-state index contributed by atoms with van der Waals surface area (Å²) >= 11 is 0. The van der Waals surface area contributed by atoms with Crippen LogP contribution in [0.25, 0.3) is 0 Å². The molecule has 0 aliphatic rings. The fourth-order valence-electron chi connectivity index (χ4n) is 3.37. The first kappa shape index (κ1) is 59.7. The number of aliphatic imine (C=N–C) groups is 2. The molecule has 0 aliphatic heterocycles. The van der Waals surface area contributed by atoms with Crippen molar-refractivity contribution >= 4 is 12.4 Å². The smallest absolute Gasteiger partial charge is 0.870 e. The summed E-state index contributed by atoms with van der Waals surface area (Å²) in [5, 5.41) is 75.2. The molecule has 24 heteroatoms. The number of hydrogen-bond donors (Lipinski definition) is 0. The predicted octanol–water partition coefficient (Wildman–Crippen LogP) is 2.54. The summed E-state index contributed by atoms with van der Waals surface area (Å²) in [4.78, 5) is 41.7. The first-order chi connectivity index (χ1) is 25.2. The summed E-state index contributed by atoms with van der Waals surface area (Å²) in [6.07, 6.45) is 8.22. The van der Waals surface area contributed by atoms with Crippen molar-refractivity contribution in [3.05, 3.63) is 154 Å². The van der Waals surface area contributed by atoms with Crippen LogP contribution in [0.3, 0.4) is 0 Å². The van der Waals surface area contributed by atoms with Crippen molar-refractivity contribution < 1.29 is 106 Å². The van der Waals surface area contributed by atoms with Crippen molar-refractivity contribution in [3.8, 4) is 29.1 Å². The molecule has 0 atom stereocenters. The third-order valence-electron chi connectivity index (χ3n) is 5.37. The number of hydrogen-bond acceptors (Lipinski definition) is 18. The molecule has 4 rings (SSSR count). The molecule has 0 saturated heterocycles. The van der Waals surface area contributed by atoms with Crippen molar-refractivity contribution in [1.82, 2.24) is 9.97 Å². The normalized spacial score (nSPS) is 8.75. The van der Waals surface area contributed by atoms with E-state index in [0.29, 0.717) is 35.7 Å². The molecular weight excluding hydrogens is 931 g/mol. The second-order valence-electron chi connectivity index (χ2n) is 8.86. The summed E-state index contributed by atoms with van der Waals surface area (Å²) in [7, 11) is 2.97. The molecule has 0 amide bonds. The number of para-hydroxylation sites is 2. The molecule has 0 saturated carbocycles. The van der Waals surface area contributed by atoms with E-state index in [4.69, 9.17) is 60.7 Å². The number of benzene rings is 2. The van der Waals surface area contributed by atoms with Crippen LogP contribution in [0, 0.1) is 107 Å². The Bertz CT molecular complexity index is 1600. The molecule has 2 heterocycles. The zero-order valence-corrected chi connectivity index (χ0v) is 33.1. The Balaban J connectivity index is -0.000000220. The Labute approximate surface area is 370 Å². The summed E-state index contributed by atoms with van der Waals surface area (Å²) in [6.45, 7) is 2.64. The molecule has 0 bridgehead atoms. The first-order valence-electron chi connectivity index (χ1n) is 14.5. The van der Waals surface area contributed by atoms with Crippen molar-refractivity contribution in [2.75, 3.05) is 27.3 Å². The topological polar surface area (TPSA) is 370 Å². The van der Waals surface area contributed by atoms with Crippen LogP contribution in [0.1, 0.15) is 29.4 Å². The van der Waals surface area contributed by atoms with E-state index < -0.39 is 15.3 Å². The van der Waals surface area contributed by atoms with Crippen LogP contribution < -0.4 is 19.7 Å². The van der Waals surface area contributed by atoms with E-state index in [-0.39, 0.29) is 82.8 Å². The molecule has 56 heavy (non-hydrogen) atoms. The van der Waals surface area contributed by atoms with Gasteiger partial charge in [0.2, 0.25) is 0 Å². The third-order valence-corrected chi connectivity index (χ3v) is 5.37. The molecule has 0 fully saturated rings. The largest absolute Gasteiger partial charge is 3.00 e. The van der Waals surface area contributed by atoms with Gasteiger partial charge in [0.05, 0.1) is 35.5 Å². The molecule has 0 unspecified atom stereocenters. The van der Waals surface area contributed by atoms with Gasteiger partial charge in [0.25, 0.3) is 0 Å². The molecule has 4 aromatic rings. The van der Waals surface area contributed by atoms with Crippen molar-refractivity contribution in [2.24, 2.45) is 9.98 Å². The fourth-order valence-corrected chi connectivity index (χ4v) is 3.37. The van der Waals surface area contributed by atoms with E-state index in [9.17, 15) is 10.2 Å². The van der Waals surface area contributed by atoms with E-state index in [1.54, 1.807) is 67.3 Å². The first-order valence-corrected chi connectivity index (χ1v) is 14.5. The van der Waals surface area contributed by atoms with Gasteiger partial charge in [-0.05, 0) is 47.5 Å². The minimum atomic E-state index is -1.75. The zero-order valence-electron chi connectivity index (χ0n) is 29.7. The van der Waals surface area contributed by atoms with E-state index in [2.05, 4.69) is 20.0 Å². The molecule has 304 valence electrons. The van der Waals surface area contributed by atoms with Crippen molar-refractivity contribution in [3.63, 3.8) is 0 Å². The molecule has 2 aromatic heterocycles. The Kier molecular flexibility index (Phi) is 41.7. The second kappa shape index (κ2) is 39.1. The Hall–Kier alpha value is -5.59. The molecule has 22 nitrogen and oxygen atoms in total. The number of ether oxygens (including phenoxy) is 2. The summed E-state index contributed by atoms with van der Waals surface area (Å²) in [6, 6.07) is 23.6. The van der Waals surface area contributed by atoms with Gasteiger partial charge in [-0.2, -0.15) is 5.26 Å². The Morgan fingerprint density at radius 1 is 0.661 bits per heavy atom. The molecule has 3 N–H and O–H groups in total. The van der Waals surface area contributed by atoms with Gasteiger partial charge in [-0.15, -0.1) is 0 Å². The van der Waals surface area contributed by atoms with Crippen LogP contribution >= 0.6 is 0 Å². The molecular formula is C32H36EuN8NiO14+. The van der Waals surface area contributed by atoms with Gasteiger partial charge < -0.3 is 71.1 Å². The molecule has 2 aromatic carbocycles. The quantitative estimate of drug-likeness (QED) is 0.0724. The maximum Gasteiger partial charge on any atom is 3.00 e. The average molecular weight is 967 g/mol. The van der Waals surface area contributed by atoms with Gasteiger partial charge >= 0.3 is 65.9 Å². The standard InChI is InChI=1S/2C15H16N2O2.C2H3N.Eu.3NO3.Ni.H2O/c2*1-19-14-7-4-5-12(15(14)18)11-16-10-8-13-6-2-3-9-17-13;1-2-3;;3*2-1(3)4;;/h2*2-7,9,11,18H,8,10H2,1H3;1H3;;;;;;1H2/q;;;+2;3*-1;+3;/p-1. The summed E-state index contributed by atoms with van der Waals surface area (Å²) in [5.74, 6) is 0.417. The average Bonchev–Trinajstić information content (AvgIpc) is 3.11. The molecule has 0 spiro atoms. The van der Waals surface area contributed by atoms with Gasteiger partial charge in [-0.3, -0.25) is 20.0 Å². The van der Waals surface area contributed by atoms with Crippen LogP contribution in [-0.2, 0) is 34.8 Å². The number of pyridine rings is 2. The number of methoxy groups -OCH3 is 2.